The molecule has 0 unspecified atom stereocenters. The largest absolute Gasteiger partial charge is 0.349 e. The van der Waals surface area contributed by atoms with Gasteiger partial charge in [-0.1, -0.05) is 0 Å². The van der Waals surface area contributed by atoms with Gasteiger partial charge in [-0.05, 0) is 46.8 Å². The number of allylic oxidation sites excluding steroid dienone is 1. The lowest BCUT2D eigenvalue weighted by atomic mass is 10.1. The minimum atomic E-state index is -0.402. The Bertz CT molecular complexity index is 264. The van der Waals surface area contributed by atoms with Gasteiger partial charge in [-0.3, -0.25) is 4.79 Å². The van der Waals surface area contributed by atoms with Crippen LogP contribution in [-0.4, -0.2) is 37.0 Å². The smallest absolute Gasteiger partial charge is 0.249 e. The Hall–Kier alpha value is -0.900. The van der Waals surface area contributed by atoms with Crippen molar-refractivity contribution in [2.24, 2.45) is 0 Å². The minimum absolute atomic E-state index is 0.189. The lowest BCUT2D eigenvalue weighted by Crippen LogP contribution is -2.43. The summed E-state index contributed by atoms with van der Waals surface area (Å²) in [5.74, 6) is -0.676. The second-order valence-corrected chi connectivity index (χ2v) is 4.21. The quantitative estimate of drug-likeness (QED) is 0.706. The molecule has 1 saturated heterocycles. The summed E-state index contributed by atoms with van der Waals surface area (Å²) in [6.45, 7) is 4.80. The number of nitrogens with one attached hydrogen (secondary N) is 1. The average molecular weight is 214 g/mol. The molecule has 0 aliphatic carbocycles. The van der Waals surface area contributed by atoms with E-state index >= 15 is 0 Å². The highest BCUT2D eigenvalue weighted by Crippen LogP contribution is 2.10. The van der Waals surface area contributed by atoms with Crippen LogP contribution in [-0.2, 0) is 4.79 Å². The molecule has 1 amide bonds. The maximum absolute atomic E-state index is 12.8. The summed E-state index contributed by atoms with van der Waals surface area (Å²) in [7, 11) is 2.06. The van der Waals surface area contributed by atoms with Gasteiger partial charge < -0.3 is 10.2 Å². The highest BCUT2D eigenvalue weighted by atomic mass is 19.1. The molecule has 0 atom stereocenters. The first-order valence-corrected chi connectivity index (χ1v) is 5.33. The lowest BCUT2D eigenvalue weighted by molar-refractivity contribution is -0.118. The van der Waals surface area contributed by atoms with E-state index in [1.165, 1.54) is 13.8 Å². The molecule has 0 aromatic carbocycles. The third-order valence-electron chi connectivity index (χ3n) is 2.91. The van der Waals surface area contributed by atoms with Crippen molar-refractivity contribution in [2.45, 2.75) is 32.7 Å². The van der Waals surface area contributed by atoms with Gasteiger partial charge >= 0.3 is 0 Å². The van der Waals surface area contributed by atoms with Gasteiger partial charge in [0, 0.05) is 11.6 Å². The van der Waals surface area contributed by atoms with Gasteiger partial charge in [-0.2, -0.15) is 0 Å². The fraction of sp³-hybridized carbons (Fsp3) is 0.727. The molecule has 86 valence electrons. The van der Waals surface area contributed by atoms with E-state index in [1.807, 2.05) is 0 Å². The van der Waals surface area contributed by atoms with Gasteiger partial charge in [0.2, 0.25) is 5.91 Å². The number of hydrogen-bond acceptors (Lipinski definition) is 2. The first-order valence-electron chi connectivity index (χ1n) is 5.33. The zero-order chi connectivity index (χ0) is 11.4. The Morgan fingerprint density at radius 3 is 2.33 bits per heavy atom. The summed E-state index contributed by atoms with van der Waals surface area (Å²) in [5.41, 5.74) is 0.189. The zero-order valence-electron chi connectivity index (χ0n) is 9.64. The maximum atomic E-state index is 12.8. The summed E-state index contributed by atoms with van der Waals surface area (Å²) in [6, 6.07) is 0.197. The van der Waals surface area contributed by atoms with Crippen LogP contribution in [0.1, 0.15) is 26.7 Å². The molecule has 1 fully saturated rings. The molecule has 1 heterocycles. The van der Waals surface area contributed by atoms with Crippen molar-refractivity contribution in [3.05, 3.63) is 11.4 Å². The van der Waals surface area contributed by atoms with E-state index in [2.05, 4.69) is 17.3 Å². The fourth-order valence-electron chi connectivity index (χ4n) is 1.60. The van der Waals surface area contributed by atoms with Crippen LogP contribution in [0, 0.1) is 0 Å². The molecule has 1 aliphatic rings. The normalized spacial score (nSPS) is 21.1. The molecule has 1 rings (SSSR count). The molecule has 0 saturated carbocycles. The Balaban J connectivity index is 2.43. The molecule has 4 heteroatoms. The first-order chi connectivity index (χ1) is 7.00. The number of hydrogen-bond donors (Lipinski definition) is 1. The maximum Gasteiger partial charge on any atom is 0.249 e. The Morgan fingerprint density at radius 1 is 1.33 bits per heavy atom. The Kier molecular flexibility index (Phi) is 4.27. The summed E-state index contributed by atoms with van der Waals surface area (Å²) >= 11 is 0. The molecule has 0 bridgehead atoms. The molecule has 0 spiro atoms. The Morgan fingerprint density at radius 2 is 1.87 bits per heavy atom. The number of carbonyl (C=O) groups excluding carboxylic acids is 1. The van der Waals surface area contributed by atoms with Crippen molar-refractivity contribution in [1.29, 1.82) is 0 Å². The highest BCUT2D eigenvalue weighted by molar-refractivity contribution is 5.93. The van der Waals surface area contributed by atoms with Gasteiger partial charge in [0.15, 0.2) is 0 Å². The van der Waals surface area contributed by atoms with E-state index in [9.17, 15) is 9.18 Å². The number of amides is 1. The van der Waals surface area contributed by atoms with Gasteiger partial charge in [0.1, 0.15) is 5.83 Å². The van der Waals surface area contributed by atoms with Crippen LogP contribution in [0.3, 0.4) is 0 Å². The van der Waals surface area contributed by atoms with Gasteiger partial charge in [0.05, 0.1) is 0 Å². The van der Waals surface area contributed by atoms with Crippen LogP contribution >= 0.6 is 0 Å². The zero-order valence-corrected chi connectivity index (χ0v) is 9.64. The Labute approximate surface area is 90.3 Å². The van der Waals surface area contributed by atoms with E-state index in [-0.39, 0.29) is 17.5 Å². The second kappa shape index (κ2) is 5.26. The van der Waals surface area contributed by atoms with Gasteiger partial charge in [-0.25, -0.2) is 4.39 Å². The topological polar surface area (TPSA) is 32.3 Å². The van der Waals surface area contributed by atoms with Crippen molar-refractivity contribution >= 4 is 5.91 Å². The minimum Gasteiger partial charge on any atom is -0.349 e. The van der Waals surface area contributed by atoms with Crippen molar-refractivity contribution in [2.75, 3.05) is 20.1 Å². The van der Waals surface area contributed by atoms with E-state index in [0.29, 0.717) is 0 Å². The summed E-state index contributed by atoms with van der Waals surface area (Å²) in [4.78, 5) is 13.7. The molecular formula is C11H19FN2O. The van der Waals surface area contributed by atoms with Crippen LogP contribution in [0.4, 0.5) is 4.39 Å². The number of carbonyl (C=O) groups is 1. The molecule has 0 aromatic heterocycles. The lowest BCUT2D eigenvalue weighted by Gasteiger charge is -2.29. The molecule has 0 radical (unpaired) electrons. The molecular weight excluding hydrogens is 195 g/mol. The molecule has 1 N–H and O–H groups in total. The summed E-state index contributed by atoms with van der Waals surface area (Å²) in [5, 5.41) is 2.86. The van der Waals surface area contributed by atoms with E-state index in [4.69, 9.17) is 0 Å². The summed E-state index contributed by atoms with van der Waals surface area (Å²) in [6.07, 6.45) is 1.89. The molecule has 3 nitrogen and oxygen atoms in total. The van der Waals surface area contributed by atoms with Gasteiger partial charge in [-0.15, -0.1) is 0 Å². The molecule has 15 heavy (non-hydrogen) atoms. The van der Waals surface area contributed by atoms with Crippen molar-refractivity contribution < 1.29 is 9.18 Å². The van der Waals surface area contributed by atoms with Gasteiger partial charge in [0.25, 0.3) is 0 Å². The third kappa shape index (κ3) is 3.63. The number of nitrogens with zero attached hydrogens (tertiary/aromatic N) is 1. The van der Waals surface area contributed by atoms with Crippen molar-refractivity contribution in [3.63, 3.8) is 0 Å². The molecule has 1 aliphatic heterocycles. The van der Waals surface area contributed by atoms with E-state index in [1.54, 1.807) is 0 Å². The SMILES string of the molecule is CC(F)=C(C)C(=O)NC1CCN(C)CC1. The summed E-state index contributed by atoms with van der Waals surface area (Å²) < 4.78 is 12.8. The monoisotopic (exact) mass is 214 g/mol. The predicted octanol–water partition coefficient (Wildman–Crippen LogP) is 1.46. The highest BCUT2D eigenvalue weighted by Gasteiger charge is 2.19. The van der Waals surface area contributed by atoms with Crippen LogP contribution < -0.4 is 5.32 Å². The second-order valence-electron chi connectivity index (χ2n) is 4.21. The van der Waals surface area contributed by atoms with Crippen molar-refractivity contribution in [3.8, 4) is 0 Å². The van der Waals surface area contributed by atoms with Crippen LogP contribution in [0.25, 0.3) is 0 Å². The predicted molar refractivity (Wildman–Crippen MR) is 58.1 cm³/mol. The number of likely N-dealkylation sites (tertiary alicyclic amines) is 1. The van der Waals surface area contributed by atoms with Crippen molar-refractivity contribution in [1.82, 2.24) is 10.2 Å². The standard InChI is InChI=1S/C11H19FN2O/c1-8(9(2)12)11(15)13-10-4-6-14(3)7-5-10/h10H,4-7H2,1-3H3,(H,13,15). The fourth-order valence-corrected chi connectivity index (χ4v) is 1.60. The van der Waals surface area contributed by atoms with Crippen LogP contribution in [0.2, 0.25) is 0 Å². The number of halogens is 1. The number of rotatable bonds is 2. The van der Waals surface area contributed by atoms with E-state index < -0.39 is 5.83 Å². The average Bonchev–Trinajstić information content (AvgIpc) is 2.20. The molecule has 0 aromatic rings. The number of piperidine rings is 1. The van der Waals surface area contributed by atoms with Crippen LogP contribution in [0.15, 0.2) is 11.4 Å². The van der Waals surface area contributed by atoms with E-state index in [0.717, 1.165) is 25.9 Å². The first kappa shape index (κ1) is 12.2. The third-order valence-corrected chi connectivity index (χ3v) is 2.91. The van der Waals surface area contributed by atoms with Crippen LogP contribution in [0.5, 0.6) is 0 Å².